The summed E-state index contributed by atoms with van der Waals surface area (Å²) in [5.41, 5.74) is 21.8. The zero-order valence-corrected chi connectivity index (χ0v) is 44.1. The summed E-state index contributed by atoms with van der Waals surface area (Å²) >= 11 is 0. The first kappa shape index (κ1) is 42.9. The third-order valence-electron chi connectivity index (χ3n) is 21.5. The van der Waals surface area contributed by atoms with Gasteiger partial charge in [-0.3, -0.25) is 0 Å². The van der Waals surface area contributed by atoms with Crippen LogP contribution in [0, 0.1) is 57.2 Å². The second kappa shape index (κ2) is 13.7. The van der Waals surface area contributed by atoms with Crippen LogP contribution in [-0.2, 0) is 16.2 Å². The Kier molecular flexibility index (Phi) is 7.94. The van der Waals surface area contributed by atoms with Crippen molar-refractivity contribution in [2.45, 2.75) is 147 Å². The normalized spacial score (nSPS) is 28.2. The monoisotopic (exact) mass is 960 g/mol. The molecule has 19 rings (SSSR count). The van der Waals surface area contributed by atoms with Crippen LogP contribution in [-0.4, -0.2) is 4.40 Å². The highest BCUT2D eigenvalue weighted by Crippen LogP contribution is 2.70. The minimum Gasteiger partial charge on any atom is -0.308 e. The summed E-state index contributed by atoms with van der Waals surface area (Å²) in [6, 6.07) is 46.5. The van der Waals surface area contributed by atoms with Gasteiger partial charge in [-0.25, -0.2) is 0 Å². The number of rotatable bonds is 2. The topological polar surface area (TPSA) is 52.0 Å². The molecule has 0 amide bonds. The summed E-state index contributed by atoms with van der Waals surface area (Å²) in [5, 5.41) is 31.9. The lowest BCUT2D eigenvalue weighted by molar-refractivity contribution is 0.0831. The van der Waals surface area contributed by atoms with E-state index in [1.54, 1.807) is 0 Å². The van der Waals surface area contributed by atoms with Gasteiger partial charge in [-0.05, 0) is 230 Å². The number of fused-ring (bicyclic) bond motifs is 16. The highest BCUT2D eigenvalue weighted by atomic mass is 14.9. The molecule has 4 atom stereocenters. The maximum Gasteiger partial charge on any atom is 0.0995 e. The van der Waals surface area contributed by atoms with Crippen molar-refractivity contribution in [2.75, 3.05) is 0 Å². The van der Waals surface area contributed by atoms with Gasteiger partial charge in [0.15, 0.2) is 0 Å². The molecule has 3 heteroatoms. The lowest BCUT2D eigenvalue weighted by atomic mass is 9.56. The zero-order valence-electron chi connectivity index (χ0n) is 44.1. The molecule has 364 valence electrons. The van der Waals surface area contributed by atoms with E-state index in [0.717, 1.165) is 24.0 Å². The van der Waals surface area contributed by atoms with E-state index in [4.69, 9.17) is 0 Å². The van der Waals surface area contributed by atoms with Crippen LogP contribution in [0.3, 0.4) is 0 Å². The standard InChI is InChI=1S/C71H65N3/c1-67(2,3)36-69-30-38-21-39(31-69)24-43(23-38)58-60-51-29-50-49-17-11-13-42-14-12-20-54(57(42)49)71(52-18-9-7-15-47(52)48-16-8-10-19-53(48)71)65(50)62-61-56(74(66(51)62)55(60)27-45(34-72)63(58)69)28-46(35-73)64-59(61)44-25-40-22-41(26-44)33-70(64,32-40)37-68(4,5)6/h7-20,27-29,38-41,43-44H,21-26,30-33,36-37H2,1-6H3. The lowest BCUT2D eigenvalue weighted by Gasteiger charge is -2.48. The van der Waals surface area contributed by atoms with E-state index in [0.29, 0.717) is 35.5 Å². The molecule has 1 spiro atoms. The highest BCUT2D eigenvalue weighted by Gasteiger charge is 2.57. The highest BCUT2D eigenvalue weighted by molar-refractivity contribution is 6.30. The van der Waals surface area contributed by atoms with Gasteiger partial charge in [0.25, 0.3) is 0 Å². The van der Waals surface area contributed by atoms with Crippen molar-refractivity contribution in [3.8, 4) is 34.4 Å². The quantitative estimate of drug-likeness (QED) is 0.173. The Morgan fingerprint density at radius 3 is 1.49 bits per heavy atom. The minimum atomic E-state index is -0.613. The summed E-state index contributed by atoms with van der Waals surface area (Å²) in [6.07, 6.45) is 14.5. The molecule has 4 fully saturated rings. The molecule has 0 saturated heterocycles. The molecule has 10 aliphatic carbocycles. The summed E-state index contributed by atoms with van der Waals surface area (Å²) in [6.45, 7) is 14.7. The first-order valence-corrected chi connectivity index (χ1v) is 28.7. The number of hydrogen-bond acceptors (Lipinski definition) is 2. The van der Waals surface area contributed by atoms with Crippen molar-refractivity contribution in [2.24, 2.45) is 34.5 Å². The number of nitrogens with zero attached hydrogens (tertiary/aromatic N) is 3. The zero-order chi connectivity index (χ0) is 49.7. The van der Waals surface area contributed by atoms with Gasteiger partial charge in [-0.15, -0.1) is 0 Å². The van der Waals surface area contributed by atoms with Crippen LogP contribution in [0.5, 0.6) is 0 Å². The molecule has 4 unspecified atom stereocenters. The van der Waals surface area contributed by atoms with Crippen molar-refractivity contribution in [1.82, 2.24) is 4.40 Å². The average molecular weight is 960 g/mol. The van der Waals surface area contributed by atoms with Crippen molar-refractivity contribution < 1.29 is 0 Å². The Morgan fingerprint density at radius 1 is 0.486 bits per heavy atom. The molecule has 0 radical (unpaired) electrons. The van der Waals surface area contributed by atoms with Crippen molar-refractivity contribution in [1.29, 1.82) is 10.5 Å². The molecule has 0 aliphatic heterocycles. The predicted molar refractivity (Wildman–Crippen MR) is 301 cm³/mol. The van der Waals surface area contributed by atoms with Gasteiger partial charge >= 0.3 is 0 Å². The van der Waals surface area contributed by atoms with Gasteiger partial charge in [0.05, 0.1) is 45.2 Å². The molecule has 7 aromatic carbocycles. The van der Waals surface area contributed by atoms with Gasteiger partial charge in [0.1, 0.15) is 0 Å². The Hall–Kier alpha value is -6.42. The van der Waals surface area contributed by atoms with Crippen molar-refractivity contribution in [3.05, 3.63) is 159 Å². The fraction of sp³-hybridized carbons (Fsp3) is 0.408. The molecule has 10 aliphatic rings. The van der Waals surface area contributed by atoms with Gasteiger partial charge in [0.2, 0.25) is 0 Å². The van der Waals surface area contributed by atoms with Crippen LogP contribution >= 0.6 is 0 Å². The van der Waals surface area contributed by atoms with Crippen LogP contribution in [0.2, 0.25) is 0 Å². The maximum atomic E-state index is 11.9. The number of hydrogen-bond donors (Lipinski definition) is 0. The van der Waals surface area contributed by atoms with E-state index in [1.807, 2.05) is 0 Å². The molecule has 2 heterocycles. The number of benzene rings is 7. The molecule has 3 nitrogen and oxygen atoms in total. The van der Waals surface area contributed by atoms with Crippen molar-refractivity contribution >= 4 is 48.9 Å². The minimum absolute atomic E-state index is 0.0317. The second-order valence-corrected chi connectivity index (χ2v) is 28.5. The van der Waals surface area contributed by atoms with E-state index < -0.39 is 5.41 Å². The van der Waals surface area contributed by atoms with Crippen LogP contribution in [0.1, 0.15) is 186 Å². The Labute approximate surface area is 435 Å². The molecule has 4 saturated carbocycles. The molecule has 0 N–H and O–H groups in total. The first-order valence-electron chi connectivity index (χ1n) is 28.7. The van der Waals surface area contributed by atoms with Gasteiger partial charge in [-0.2, -0.15) is 10.5 Å². The summed E-state index contributed by atoms with van der Waals surface area (Å²) in [5.74, 6) is 3.50. The Balaban J connectivity index is 1.15. The largest absolute Gasteiger partial charge is 0.308 e. The van der Waals surface area contributed by atoms with Gasteiger partial charge in [0, 0.05) is 21.5 Å². The van der Waals surface area contributed by atoms with E-state index in [-0.39, 0.29) is 21.7 Å². The summed E-state index contributed by atoms with van der Waals surface area (Å²) in [4.78, 5) is 0. The Bertz CT molecular complexity index is 4070. The van der Waals surface area contributed by atoms with Crippen LogP contribution in [0.15, 0.2) is 103 Å². The molecule has 2 aromatic heterocycles. The van der Waals surface area contributed by atoms with Crippen LogP contribution < -0.4 is 0 Å². The third-order valence-corrected chi connectivity index (χ3v) is 21.5. The fourth-order valence-electron chi connectivity index (χ4n) is 21.1. The van der Waals surface area contributed by atoms with E-state index in [1.165, 1.54) is 180 Å². The molecular formula is C71H65N3. The van der Waals surface area contributed by atoms with Crippen molar-refractivity contribution in [3.63, 3.8) is 0 Å². The smallest absolute Gasteiger partial charge is 0.0995 e. The second-order valence-electron chi connectivity index (χ2n) is 28.5. The molecule has 8 bridgehead atoms. The number of aromatic nitrogens is 1. The summed E-state index contributed by atoms with van der Waals surface area (Å²) in [7, 11) is 0. The van der Waals surface area contributed by atoms with E-state index >= 15 is 0 Å². The lowest BCUT2D eigenvalue weighted by Crippen LogP contribution is -2.40. The maximum absolute atomic E-state index is 11.9. The molecule has 74 heavy (non-hydrogen) atoms. The SMILES string of the molecule is CC(C)(C)CC12CC3CC(CC(C3)c3c1c(C#N)cc1c3c3cc4c(c5c6c7c(c(C#N)cc6n1c35)C1(CC(C)(C)C)CC3CC(CC7C3)C1)C1(c3ccccc3-c3ccccc31)c1cccc3cccc-4c13)C2. The van der Waals surface area contributed by atoms with Gasteiger partial charge in [-0.1, -0.05) is 126 Å². The fourth-order valence-corrected chi connectivity index (χ4v) is 21.1. The average Bonchev–Trinajstić information content (AvgIpc) is 4.10. The van der Waals surface area contributed by atoms with E-state index in [9.17, 15) is 10.5 Å². The molecule has 9 aromatic rings. The van der Waals surface area contributed by atoms with Crippen LogP contribution in [0.25, 0.3) is 71.1 Å². The predicted octanol–water partition coefficient (Wildman–Crippen LogP) is 18.0. The first-order chi connectivity index (χ1) is 35.7. The van der Waals surface area contributed by atoms with Crippen LogP contribution in [0.4, 0.5) is 0 Å². The summed E-state index contributed by atoms with van der Waals surface area (Å²) < 4.78 is 2.68. The van der Waals surface area contributed by atoms with Gasteiger partial charge < -0.3 is 4.40 Å². The third kappa shape index (κ3) is 5.10. The molecular weight excluding hydrogens is 895 g/mol. The number of nitriles is 2. The van der Waals surface area contributed by atoms with E-state index in [2.05, 4.69) is 161 Å². The Morgan fingerprint density at radius 2 is 0.959 bits per heavy atom.